The molecule has 1 amide bonds. The molecule has 0 aromatic heterocycles. The van der Waals surface area contributed by atoms with E-state index >= 15 is 0 Å². The molecule has 2 N–H and O–H groups in total. The molecule has 1 aromatic carbocycles. The van der Waals surface area contributed by atoms with E-state index < -0.39 is 0 Å². The third-order valence-electron chi connectivity index (χ3n) is 4.48. The largest absolute Gasteiger partial charge is 0.495 e. The Bertz CT molecular complexity index is 527. The first kappa shape index (κ1) is 17.4. The van der Waals surface area contributed by atoms with Crippen molar-refractivity contribution in [2.75, 3.05) is 12.4 Å². The third kappa shape index (κ3) is 4.06. The molecule has 1 aromatic rings. The normalized spacial score (nSPS) is 26.2. The zero-order valence-electron chi connectivity index (χ0n) is 12.6. The Labute approximate surface area is 142 Å². The Kier molecular flexibility index (Phi) is 5.95. The van der Waals surface area contributed by atoms with Crippen LogP contribution in [0.25, 0.3) is 0 Å². The van der Waals surface area contributed by atoms with E-state index in [0.717, 1.165) is 12.8 Å². The maximum atomic E-state index is 12.3. The molecule has 22 heavy (non-hydrogen) atoms. The quantitative estimate of drug-likeness (QED) is 0.876. The molecular weight excluding hydrogens is 323 g/mol. The summed E-state index contributed by atoms with van der Waals surface area (Å²) >= 11 is 5.98. The fourth-order valence-electron chi connectivity index (χ4n) is 3.58. The van der Waals surface area contributed by atoms with E-state index in [1.165, 1.54) is 12.8 Å². The first-order valence-electron chi connectivity index (χ1n) is 7.53. The Morgan fingerprint density at radius 3 is 2.68 bits per heavy atom. The number of hydrogen-bond donors (Lipinski definition) is 2. The van der Waals surface area contributed by atoms with Crippen LogP contribution in [0.1, 0.15) is 32.1 Å². The average molecular weight is 345 g/mol. The minimum Gasteiger partial charge on any atom is -0.495 e. The molecule has 2 saturated heterocycles. The molecule has 2 fully saturated rings. The highest BCUT2D eigenvalue weighted by Gasteiger charge is 2.34. The smallest absolute Gasteiger partial charge is 0.224 e. The number of rotatable bonds is 4. The molecular formula is C16H22Cl2N2O2. The lowest BCUT2D eigenvalue weighted by molar-refractivity contribution is -0.117. The average Bonchev–Trinajstić information content (AvgIpc) is 2.78. The lowest BCUT2D eigenvalue weighted by Crippen LogP contribution is -2.39. The van der Waals surface area contributed by atoms with Gasteiger partial charge in [0, 0.05) is 23.5 Å². The van der Waals surface area contributed by atoms with Gasteiger partial charge in [-0.1, -0.05) is 11.6 Å². The molecule has 2 unspecified atom stereocenters. The fraction of sp³-hybridized carbons (Fsp3) is 0.562. The molecule has 2 aliphatic heterocycles. The lowest BCUT2D eigenvalue weighted by Gasteiger charge is -2.28. The molecule has 3 rings (SSSR count). The number of ether oxygens (including phenoxy) is 1. The second-order valence-corrected chi connectivity index (χ2v) is 6.51. The van der Waals surface area contributed by atoms with Crippen molar-refractivity contribution in [3.05, 3.63) is 23.2 Å². The topological polar surface area (TPSA) is 50.4 Å². The number of amides is 1. The molecule has 4 nitrogen and oxygen atoms in total. The molecule has 6 heteroatoms. The Morgan fingerprint density at radius 1 is 1.36 bits per heavy atom. The summed E-state index contributed by atoms with van der Waals surface area (Å²) in [5.41, 5.74) is 0.645. The number of carbonyl (C=O) groups is 1. The second kappa shape index (κ2) is 7.53. The molecule has 2 aliphatic rings. The van der Waals surface area contributed by atoms with Crippen LogP contribution in [0.2, 0.25) is 5.02 Å². The van der Waals surface area contributed by atoms with Gasteiger partial charge < -0.3 is 15.4 Å². The van der Waals surface area contributed by atoms with Crippen LogP contribution in [0.4, 0.5) is 5.69 Å². The van der Waals surface area contributed by atoms with Gasteiger partial charge in [-0.2, -0.15) is 0 Å². The van der Waals surface area contributed by atoms with Crippen molar-refractivity contribution in [3.63, 3.8) is 0 Å². The van der Waals surface area contributed by atoms with Gasteiger partial charge in [-0.05, 0) is 49.8 Å². The predicted molar refractivity (Wildman–Crippen MR) is 91.2 cm³/mol. The van der Waals surface area contributed by atoms with E-state index in [2.05, 4.69) is 10.6 Å². The number of hydrogen-bond acceptors (Lipinski definition) is 3. The van der Waals surface area contributed by atoms with Crippen LogP contribution in [-0.4, -0.2) is 25.1 Å². The maximum Gasteiger partial charge on any atom is 0.224 e. The molecule has 0 saturated carbocycles. The molecule has 122 valence electrons. The summed E-state index contributed by atoms with van der Waals surface area (Å²) in [6.45, 7) is 0. The van der Waals surface area contributed by atoms with E-state index in [-0.39, 0.29) is 18.3 Å². The number of benzene rings is 1. The van der Waals surface area contributed by atoms with Crippen LogP contribution in [0.15, 0.2) is 18.2 Å². The number of fused-ring (bicyclic) bond motifs is 2. The second-order valence-electron chi connectivity index (χ2n) is 6.07. The van der Waals surface area contributed by atoms with Crippen molar-refractivity contribution in [2.45, 2.75) is 44.2 Å². The van der Waals surface area contributed by atoms with Crippen molar-refractivity contribution < 1.29 is 9.53 Å². The molecule has 2 heterocycles. The van der Waals surface area contributed by atoms with Gasteiger partial charge in [0.2, 0.25) is 5.91 Å². The number of nitrogens with one attached hydrogen (secondary N) is 2. The van der Waals surface area contributed by atoms with Gasteiger partial charge in [0.25, 0.3) is 0 Å². The Hall–Kier alpha value is -0.970. The summed E-state index contributed by atoms with van der Waals surface area (Å²) in [7, 11) is 1.59. The molecule has 2 atom stereocenters. The van der Waals surface area contributed by atoms with Crippen molar-refractivity contribution in [2.24, 2.45) is 5.92 Å². The van der Waals surface area contributed by atoms with Gasteiger partial charge in [-0.25, -0.2) is 0 Å². The minimum atomic E-state index is 0. The van der Waals surface area contributed by atoms with Gasteiger partial charge in [0.15, 0.2) is 0 Å². The summed E-state index contributed by atoms with van der Waals surface area (Å²) < 4.78 is 5.25. The van der Waals surface area contributed by atoms with E-state index in [0.29, 0.717) is 40.9 Å². The molecule has 2 bridgehead atoms. The van der Waals surface area contributed by atoms with Crippen molar-refractivity contribution in [3.8, 4) is 5.75 Å². The molecule has 0 spiro atoms. The number of anilines is 1. The summed E-state index contributed by atoms with van der Waals surface area (Å²) in [5.74, 6) is 1.16. The summed E-state index contributed by atoms with van der Waals surface area (Å²) in [5, 5.41) is 7.12. The number of methoxy groups -OCH3 is 1. The van der Waals surface area contributed by atoms with Crippen LogP contribution < -0.4 is 15.4 Å². The van der Waals surface area contributed by atoms with Gasteiger partial charge in [-0.3, -0.25) is 4.79 Å². The summed E-state index contributed by atoms with van der Waals surface area (Å²) in [4.78, 5) is 12.3. The van der Waals surface area contributed by atoms with Crippen LogP contribution in [0, 0.1) is 5.92 Å². The monoisotopic (exact) mass is 344 g/mol. The van der Waals surface area contributed by atoms with Gasteiger partial charge in [-0.15, -0.1) is 12.4 Å². The number of halogens is 2. The van der Waals surface area contributed by atoms with Crippen molar-refractivity contribution in [1.29, 1.82) is 0 Å². The minimum absolute atomic E-state index is 0. The third-order valence-corrected chi connectivity index (χ3v) is 4.72. The highest BCUT2D eigenvalue weighted by Crippen LogP contribution is 2.33. The first-order chi connectivity index (χ1) is 10.1. The summed E-state index contributed by atoms with van der Waals surface area (Å²) in [6.07, 6.45) is 5.30. The van der Waals surface area contributed by atoms with Crippen LogP contribution in [-0.2, 0) is 4.79 Å². The zero-order valence-corrected chi connectivity index (χ0v) is 14.2. The molecule has 0 aliphatic carbocycles. The lowest BCUT2D eigenvalue weighted by atomic mass is 9.89. The van der Waals surface area contributed by atoms with E-state index in [9.17, 15) is 4.79 Å². The van der Waals surface area contributed by atoms with Gasteiger partial charge in [0.1, 0.15) is 5.75 Å². The SMILES string of the molecule is COc1ccc(Cl)cc1NC(=O)CC1CC2CCC(C1)N2.Cl. The van der Waals surface area contributed by atoms with E-state index in [1.807, 2.05) is 0 Å². The van der Waals surface area contributed by atoms with Gasteiger partial charge >= 0.3 is 0 Å². The van der Waals surface area contributed by atoms with E-state index in [1.54, 1.807) is 25.3 Å². The van der Waals surface area contributed by atoms with Crippen molar-refractivity contribution in [1.82, 2.24) is 5.32 Å². The van der Waals surface area contributed by atoms with Crippen LogP contribution in [0.3, 0.4) is 0 Å². The maximum absolute atomic E-state index is 12.3. The zero-order chi connectivity index (χ0) is 14.8. The summed E-state index contributed by atoms with van der Waals surface area (Å²) in [6, 6.07) is 6.47. The first-order valence-corrected chi connectivity index (χ1v) is 7.91. The highest BCUT2D eigenvalue weighted by molar-refractivity contribution is 6.31. The van der Waals surface area contributed by atoms with E-state index in [4.69, 9.17) is 16.3 Å². The number of piperidine rings is 1. The highest BCUT2D eigenvalue weighted by atomic mass is 35.5. The standard InChI is InChI=1S/C16H21ClN2O2.ClH/c1-21-15-5-2-11(17)9-14(15)19-16(20)8-10-6-12-3-4-13(7-10)18-12;/h2,5,9-10,12-13,18H,3-4,6-8H2,1H3,(H,19,20);1H. The van der Waals surface area contributed by atoms with Crippen LogP contribution in [0.5, 0.6) is 5.75 Å². The fourth-order valence-corrected chi connectivity index (χ4v) is 3.76. The van der Waals surface area contributed by atoms with Crippen LogP contribution >= 0.6 is 24.0 Å². The molecule has 0 radical (unpaired) electrons. The van der Waals surface area contributed by atoms with Crippen molar-refractivity contribution >= 4 is 35.6 Å². The Morgan fingerprint density at radius 2 is 2.05 bits per heavy atom. The predicted octanol–water partition coefficient (Wildman–Crippen LogP) is 3.63. The number of carbonyl (C=O) groups excluding carboxylic acids is 1. The van der Waals surface area contributed by atoms with Gasteiger partial charge in [0.05, 0.1) is 12.8 Å². The Balaban J connectivity index is 0.00000176.